The first kappa shape index (κ1) is 25.8. The molecule has 4 amide bonds. The molecule has 0 aliphatic heterocycles. The van der Waals surface area contributed by atoms with Crippen molar-refractivity contribution in [1.82, 2.24) is 16.0 Å². The van der Waals surface area contributed by atoms with Crippen LogP contribution in [0.25, 0.3) is 0 Å². The fraction of sp³-hybridized carbons (Fsp3) is 0.625. The molecule has 0 bridgehead atoms. The van der Waals surface area contributed by atoms with E-state index >= 15 is 0 Å². The van der Waals surface area contributed by atoms with Crippen molar-refractivity contribution in [3.05, 3.63) is 0 Å². The zero-order valence-electron chi connectivity index (χ0n) is 16.1. The highest BCUT2D eigenvalue weighted by Gasteiger charge is 2.31. The minimum atomic E-state index is -1.55. The molecule has 0 aromatic heterocycles. The second-order valence-corrected chi connectivity index (χ2v) is 6.56. The number of hydrogen-bond donors (Lipinski definition) is 7. The van der Waals surface area contributed by atoms with Gasteiger partial charge in [0.15, 0.2) is 0 Å². The molecule has 3 unspecified atom stereocenters. The van der Waals surface area contributed by atoms with Crippen LogP contribution in [0.5, 0.6) is 0 Å². The van der Waals surface area contributed by atoms with Gasteiger partial charge in [0.1, 0.15) is 18.1 Å². The predicted octanol–water partition coefficient (Wildman–Crippen LogP) is -3.12. The lowest BCUT2D eigenvalue weighted by molar-refractivity contribution is -0.143. The highest BCUT2D eigenvalue weighted by atomic mass is 16.4. The van der Waals surface area contributed by atoms with Crippen molar-refractivity contribution in [2.24, 2.45) is 17.4 Å². The summed E-state index contributed by atoms with van der Waals surface area (Å²) >= 11 is 0. The molecule has 0 saturated heterocycles. The van der Waals surface area contributed by atoms with Crippen molar-refractivity contribution in [1.29, 1.82) is 0 Å². The molecule has 0 saturated carbocycles. The smallest absolute Gasteiger partial charge is 0.326 e. The molecule has 0 heterocycles. The van der Waals surface area contributed by atoms with Gasteiger partial charge in [0.05, 0.1) is 13.0 Å². The van der Waals surface area contributed by atoms with Crippen molar-refractivity contribution in [3.8, 4) is 0 Å². The topological polar surface area (TPSA) is 231 Å². The molecule has 164 valence electrons. The quantitative estimate of drug-likeness (QED) is 0.160. The Morgan fingerprint density at radius 3 is 1.86 bits per heavy atom. The number of carboxylic acid groups (broad SMARTS) is 2. The van der Waals surface area contributed by atoms with Gasteiger partial charge in [-0.2, -0.15) is 0 Å². The van der Waals surface area contributed by atoms with Gasteiger partial charge in [-0.25, -0.2) is 4.79 Å². The fourth-order valence-electron chi connectivity index (χ4n) is 2.24. The summed E-state index contributed by atoms with van der Waals surface area (Å²) in [5, 5.41) is 24.5. The summed E-state index contributed by atoms with van der Waals surface area (Å²) < 4.78 is 0. The van der Waals surface area contributed by atoms with E-state index in [1.165, 1.54) is 0 Å². The average Bonchev–Trinajstić information content (AvgIpc) is 2.60. The largest absolute Gasteiger partial charge is 0.481 e. The summed E-state index contributed by atoms with van der Waals surface area (Å²) in [6.45, 7) is 2.87. The van der Waals surface area contributed by atoms with E-state index < -0.39 is 78.9 Å². The SMILES string of the molecule is CC(C)C(NC(=O)CN)C(=O)NC(CC(N)=O)C(=O)NC(CCC(=O)O)C(=O)O. The maximum absolute atomic E-state index is 12.5. The molecule has 13 heteroatoms. The van der Waals surface area contributed by atoms with Crippen molar-refractivity contribution >= 4 is 35.6 Å². The molecule has 3 atom stereocenters. The Labute approximate surface area is 166 Å². The number of carbonyl (C=O) groups excluding carboxylic acids is 4. The molecule has 29 heavy (non-hydrogen) atoms. The van der Waals surface area contributed by atoms with Crippen molar-refractivity contribution in [2.75, 3.05) is 6.54 Å². The number of rotatable bonds is 13. The van der Waals surface area contributed by atoms with Crippen LogP contribution in [0.1, 0.15) is 33.1 Å². The van der Waals surface area contributed by atoms with E-state index in [9.17, 15) is 28.8 Å². The van der Waals surface area contributed by atoms with E-state index in [-0.39, 0.29) is 6.54 Å². The molecule has 9 N–H and O–H groups in total. The summed E-state index contributed by atoms with van der Waals surface area (Å²) in [6, 6.07) is -4.15. The first-order valence-electron chi connectivity index (χ1n) is 8.72. The fourth-order valence-corrected chi connectivity index (χ4v) is 2.24. The minimum Gasteiger partial charge on any atom is -0.481 e. The Morgan fingerprint density at radius 2 is 1.45 bits per heavy atom. The van der Waals surface area contributed by atoms with Gasteiger partial charge >= 0.3 is 11.9 Å². The number of hydrogen-bond acceptors (Lipinski definition) is 7. The van der Waals surface area contributed by atoms with E-state index in [2.05, 4.69) is 16.0 Å². The first-order valence-corrected chi connectivity index (χ1v) is 8.72. The summed E-state index contributed by atoms with van der Waals surface area (Å²) in [5.41, 5.74) is 10.3. The van der Waals surface area contributed by atoms with Gasteiger partial charge < -0.3 is 37.6 Å². The molecule has 0 aromatic rings. The molecule has 0 radical (unpaired) electrons. The van der Waals surface area contributed by atoms with E-state index in [0.717, 1.165) is 0 Å². The molecule has 0 aliphatic rings. The lowest BCUT2D eigenvalue weighted by Gasteiger charge is -2.25. The number of nitrogens with two attached hydrogens (primary N) is 2. The monoisotopic (exact) mass is 417 g/mol. The van der Waals surface area contributed by atoms with E-state index in [1.54, 1.807) is 13.8 Å². The van der Waals surface area contributed by atoms with Crippen molar-refractivity contribution in [2.45, 2.75) is 51.2 Å². The Hall–Kier alpha value is -3.22. The van der Waals surface area contributed by atoms with Crippen LogP contribution in [0.3, 0.4) is 0 Å². The number of primary amides is 1. The second kappa shape index (κ2) is 12.3. The van der Waals surface area contributed by atoms with E-state index in [4.69, 9.17) is 21.7 Å². The Bertz CT molecular complexity index is 651. The van der Waals surface area contributed by atoms with Crippen LogP contribution in [-0.4, -0.2) is 70.5 Å². The lowest BCUT2D eigenvalue weighted by atomic mass is 10.0. The minimum absolute atomic E-state index is 0.369. The van der Waals surface area contributed by atoms with Crippen molar-refractivity contribution < 1.29 is 39.0 Å². The third kappa shape index (κ3) is 10.0. The highest BCUT2D eigenvalue weighted by Crippen LogP contribution is 2.05. The lowest BCUT2D eigenvalue weighted by Crippen LogP contribution is -2.58. The zero-order chi connectivity index (χ0) is 22.7. The Kier molecular flexibility index (Phi) is 10.9. The van der Waals surface area contributed by atoms with Gasteiger partial charge in [0, 0.05) is 6.42 Å². The maximum atomic E-state index is 12.5. The number of aliphatic carboxylic acids is 2. The van der Waals surface area contributed by atoms with Crippen LogP contribution in [0, 0.1) is 5.92 Å². The number of carboxylic acids is 2. The predicted molar refractivity (Wildman–Crippen MR) is 98.0 cm³/mol. The maximum Gasteiger partial charge on any atom is 0.326 e. The average molecular weight is 417 g/mol. The molecular formula is C16H27N5O8. The molecule has 0 aliphatic carbocycles. The molecule has 0 fully saturated rings. The van der Waals surface area contributed by atoms with Gasteiger partial charge in [0.25, 0.3) is 0 Å². The standard InChI is InChI=1S/C16H27N5O8/c1-7(2)13(21-11(23)6-17)15(27)20-9(5-10(18)22)14(26)19-8(16(28)29)3-4-12(24)25/h7-9,13H,3-6,17H2,1-2H3,(H2,18,22)(H,19,26)(H,20,27)(H,21,23)(H,24,25)(H,28,29). The second-order valence-electron chi connectivity index (χ2n) is 6.56. The summed E-state index contributed by atoms with van der Waals surface area (Å²) in [6.07, 6.45) is -1.57. The molecule has 0 spiro atoms. The summed E-state index contributed by atoms with van der Waals surface area (Å²) in [5.74, 6) is -6.56. The van der Waals surface area contributed by atoms with Gasteiger partial charge in [-0.05, 0) is 12.3 Å². The first-order chi connectivity index (χ1) is 13.4. The van der Waals surface area contributed by atoms with Gasteiger partial charge in [-0.15, -0.1) is 0 Å². The molecular weight excluding hydrogens is 390 g/mol. The number of amides is 4. The third-order valence-corrected chi connectivity index (χ3v) is 3.75. The van der Waals surface area contributed by atoms with Crippen LogP contribution in [0.15, 0.2) is 0 Å². The van der Waals surface area contributed by atoms with Crippen molar-refractivity contribution in [3.63, 3.8) is 0 Å². The third-order valence-electron chi connectivity index (χ3n) is 3.75. The van der Waals surface area contributed by atoms with Crippen LogP contribution in [0.4, 0.5) is 0 Å². The van der Waals surface area contributed by atoms with Gasteiger partial charge in [-0.3, -0.25) is 24.0 Å². The highest BCUT2D eigenvalue weighted by molar-refractivity contribution is 5.95. The Balaban J connectivity index is 5.35. The van der Waals surface area contributed by atoms with Gasteiger partial charge in [-0.1, -0.05) is 13.8 Å². The van der Waals surface area contributed by atoms with Crippen LogP contribution in [0.2, 0.25) is 0 Å². The van der Waals surface area contributed by atoms with Crippen LogP contribution < -0.4 is 27.4 Å². The summed E-state index contributed by atoms with van der Waals surface area (Å²) in [4.78, 5) is 69.5. The van der Waals surface area contributed by atoms with Gasteiger partial charge in [0.2, 0.25) is 23.6 Å². The molecule has 0 aromatic carbocycles. The van der Waals surface area contributed by atoms with Crippen LogP contribution in [-0.2, 0) is 28.8 Å². The van der Waals surface area contributed by atoms with Crippen LogP contribution >= 0.6 is 0 Å². The number of nitrogens with one attached hydrogen (secondary N) is 3. The Morgan fingerprint density at radius 1 is 0.897 bits per heavy atom. The van der Waals surface area contributed by atoms with E-state index in [0.29, 0.717) is 0 Å². The van der Waals surface area contributed by atoms with E-state index in [1.807, 2.05) is 0 Å². The number of carbonyl (C=O) groups is 6. The normalized spacial score (nSPS) is 13.7. The molecule has 13 nitrogen and oxygen atoms in total. The zero-order valence-corrected chi connectivity index (χ0v) is 16.1. The molecule has 0 rings (SSSR count). The summed E-state index contributed by atoms with van der Waals surface area (Å²) in [7, 11) is 0.